The largest absolute Gasteiger partial charge is 1.00 e. The summed E-state index contributed by atoms with van der Waals surface area (Å²) in [4.78, 5) is 15.4. The molecule has 0 radical (unpaired) electrons. The summed E-state index contributed by atoms with van der Waals surface area (Å²) in [5, 5.41) is 11.0. The third kappa shape index (κ3) is 4.30. The number of methoxy groups -OCH3 is 1. The Morgan fingerprint density at radius 1 is 1.24 bits per heavy atom. The molecule has 25 heavy (non-hydrogen) atoms. The third-order valence-electron chi connectivity index (χ3n) is 3.55. The van der Waals surface area contributed by atoms with Gasteiger partial charge >= 0.3 is 18.9 Å². The van der Waals surface area contributed by atoms with Crippen molar-refractivity contribution in [3.05, 3.63) is 66.4 Å². The summed E-state index contributed by atoms with van der Waals surface area (Å²) in [6, 6.07) is 13.0. The second-order valence-electron chi connectivity index (χ2n) is 5.17. The minimum Gasteiger partial charge on any atom is -0.550 e. The average Bonchev–Trinajstić information content (AvgIpc) is 2.99. The number of nitrogens with zero attached hydrogens (tertiary/aromatic N) is 2. The molecule has 2 aromatic carbocycles. The van der Waals surface area contributed by atoms with Gasteiger partial charge in [-0.2, -0.15) is 0 Å². The van der Waals surface area contributed by atoms with Crippen molar-refractivity contribution in [3.8, 4) is 22.7 Å². The molecule has 1 heterocycles. The number of halogens is 1. The van der Waals surface area contributed by atoms with Crippen LogP contribution in [0.5, 0.6) is 5.75 Å². The summed E-state index contributed by atoms with van der Waals surface area (Å²) in [7, 11) is 1.57. The fraction of sp³-hybridized carbons (Fsp3) is 0.111. The summed E-state index contributed by atoms with van der Waals surface area (Å²) in [6.07, 6.45) is 1.36. The molecule has 1 aromatic heterocycles. The minimum atomic E-state index is -1.24. The first-order valence-electron chi connectivity index (χ1n) is 7.25. The first-order valence-corrected chi connectivity index (χ1v) is 7.25. The van der Waals surface area contributed by atoms with Crippen LogP contribution in [0.15, 0.2) is 54.7 Å². The molecular formula is C18H14FLiN2O3. The Morgan fingerprint density at radius 3 is 2.60 bits per heavy atom. The molecule has 0 amide bonds. The number of hydrogen-bond acceptors (Lipinski definition) is 4. The van der Waals surface area contributed by atoms with E-state index in [4.69, 9.17) is 4.74 Å². The van der Waals surface area contributed by atoms with Gasteiger partial charge in [0.15, 0.2) is 0 Å². The van der Waals surface area contributed by atoms with Gasteiger partial charge in [-0.15, -0.1) is 0 Å². The van der Waals surface area contributed by atoms with Crippen LogP contribution in [0.25, 0.3) is 16.9 Å². The van der Waals surface area contributed by atoms with E-state index in [1.165, 1.54) is 12.1 Å². The predicted octanol–water partition coefficient (Wildman–Crippen LogP) is -1.02. The van der Waals surface area contributed by atoms with Crippen LogP contribution in [0, 0.1) is 5.82 Å². The molecule has 7 heteroatoms. The molecule has 0 aliphatic carbocycles. The van der Waals surface area contributed by atoms with Gasteiger partial charge in [-0.1, -0.05) is 12.1 Å². The number of aromatic nitrogens is 2. The number of ether oxygens (including phenoxy) is 1. The monoisotopic (exact) mass is 332 g/mol. The van der Waals surface area contributed by atoms with E-state index in [0.717, 1.165) is 5.56 Å². The molecule has 0 fully saturated rings. The fourth-order valence-corrected chi connectivity index (χ4v) is 2.42. The van der Waals surface area contributed by atoms with E-state index in [1.807, 2.05) is 18.2 Å². The van der Waals surface area contributed by atoms with E-state index in [1.54, 1.807) is 36.1 Å². The van der Waals surface area contributed by atoms with E-state index in [9.17, 15) is 14.3 Å². The first-order chi connectivity index (χ1) is 11.6. The maximum Gasteiger partial charge on any atom is 1.00 e. The molecule has 122 valence electrons. The predicted molar refractivity (Wildman–Crippen MR) is 84.2 cm³/mol. The van der Waals surface area contributed by atoms with Crippen molar-refractivity contribution < 1.29 is 37.9 Å². The smallest absolute Gasteiger partial charge is 0.550 e. The van der Waals surface area contributed by atoms with Crippen LogP contribution in [-0.4, -0.2) is 22.6 Å². The summed E-state index contributed by atoms with van der Waals surface area (Å²) >= 11 is 0. The van der Waals surface area contributed by atoms with Crippen LogP contribution in [0.4, 0.5) is 4.39 Å². The molecule has 3 aromatic rings. The molecule has 0 spiro atoms. The van der Waals surface area contributed by atoms with E-state index < -0.39 is 5.97 Å². The number of hydrogen-bond donors (Lipinski definition) is 0. The van der Waals surface area contributed by atoms with Crippen LogP contribution in [0.2, 0.25) is 0 Å². The molecule has 0 unspecified atom stereocenters. The zero-order valence-electron chi connectivity index (χ0n) is 13.9. The SMILES string of the molecule is COc1cccc(-c2cn(-c3ccc(F)cc3)c(CC(=O)[O-])n2)c1.[Li+]. The van der Waals surface area contributed by atoms with Crippen molar-refractivity contribution in [1.82, 2.24) is 9.55 Å². The van der Waals surface area contributed by atoms with E-state index >= 15 is 0 Å². The summed E-state index contributed by atoms with van der Waals surface area (Å²) in [6.45, 7) is 0. The normalized spacial score (nSPS) is 10.2. The van der Waals surface area contributed by atoms with Crippen molar-refractivity contribution in [2.45, 2.75) is 6.42 Å². The summed E-state index contributed by atoms with van der Waals surface area (Å²) < 4.78 is 19.9. The number of carboxylic acids is 1. The van der Waals surface area contributed by atoms with E-state index in [-0.39, 0.29) is 31.1 Å². The average molecular weight is 332 g/mol. The Labute approximate surface area is 156 Å². The molecule has 0 saturated heterocycles. The molecule has 0 aliphatic heterocycles. The van der Waals surface area contributed by atoms with Gasteiger partial charge in [0.05, 0.1) is 12.8 Å². The van der Waals surface area contributed by atoms with Crippen LogP contribution in [0.3, 0.4) is 0 Å². The molecular weight excluding hydrogens is 318 g/mol. The number of imidazole rings is 1. The van der Waals surface area contributed by atoms with E-state index in [2.05, 4.69) is 4.98 Å². The molecule has 0 aliphatic rings. The van der Waals surface area contributed by atoms with Crippen molar-refractivity contribution in [1.29, 1.82) is 0 Å². The maximum atomic E-state index is 13.1. The van der Waals surface area contributed by atoms with E-state index in [0.29, 0.717) is 23.0 Å². The van der Waals surface area contributed by atoms with Gasteiger partial charge in [-0.05, 0) is 36.4 Å². The standard InChI is InChI=1S/C18H15FN2O3.Li/c1-24-15-4-2-3-12(9-15)16-11-21(17(20-16)10-18(22)23)14-7-5-13(19)6-8-14;/h2-9,11H,10H2,1H3,(H,22,23);/q;+1/p-1. The van der Waals surface area contributed by atoms with Crippen molar-refractivity contribution in [2.75, 3.05) is 7.11 Å². The topological polar surface area (TPSA) is 67.2 Å². The van der Waals surface area contributed by atoms with Crippen LogP contribution >= 0.6 is 0 Å². The number of carbonyl (C=O) groups is 1. The molecule has 5 nitrogen and oxygen atoms in total. The second-order valence-corrected chi connectivity index (χ2v) is 5.17. The van der Waals surface area contributed by atoms with Gasteiger partial charge in [-0.25, -0.2) is 9.37 Å². The molecule has 0 N–H and O–H groups in total. The Morgan fingerprint density at radius 2 is 1.96 bits per heavy atom. The van der Waals surface area contributed by atoms with Crippen molar-refractivity contribution >= 4 is 5.97 Å². The second kappa shape index (κ2) is 8.02. The zero-order chi connectivity index (χ0) is 17.1. The fourth-order valence-electron chi connectivity index (χ4n) is 2.42. The Balaban J connectivity index is 0.00000225. The first kappa shape index (κ1) is 18.8. The number of carboxylic acid groups (broad SMARTS) is 1. The molecule has 0 bridgehead atoms. The third-order valence-corrected chi connectivity index (χ3v) is 3.55. The zero-order valence-corrected chi connectivity index (χ0v) is 13.9. The molecule has 0 saturated carbocycles. The maximum absolute atomic E-state index is 13.1. The van der Waals surface area contributed by atoms with Crippen molar-refractivity contribution in [3.63, 3.8) is 0 Å². The quantitative estimate of drug-likeness (QED) is 0.561. The Hall–Kier alpha value is -2.55. The van der Waals surface area contributed by atoms with Crippen LogP contribution < -0.4 is 28.7 Å². The Kier molecular flexibility index (Phi) is 6.02. The number of carbonyl (C=O) groups excluding carboxylic acids is 1. The van der Waals surface area contributed by atoms with Gasteiger partial charge in [0.2, 0.25) is 0 Å². The summed E-state index contributed by atoms with van der Waals surface area (Å²) in [5.74, 6) is -0.626. The number of aliphatic carboxylic acids is 1. The Bertz CT molecular complexity index is 878. The summed E-state index contributed by atoms with van der Waals surface area (Å²) in [5.41, 5.74) is 2.00. The number of rotatable bonds is 5. The van der Waals surface area contributed by atoms with Gasteiger partial charge in [-0.3, -0.25) is 0 Å². The minimum absolute atomic E-state index is 0. The van der Waals surface area contributed by atoms with Crippen LogP contribution in [-0.2, 0) is 11.2 Å². The molecule has 3 rings (SSSR count). The van der Waals surface area contributed by atoms with Gasteiger partial charge < -0.3 is 19.2 Å². The molecule has 0 atom stereocenters. The number of benzene rings is 2. The van der Waals surface area contributed by atoms with Gasteiger partial charge in [0.25, 0.3) is 0 Å². The van der Waals surface area contributed by atoms with Gasteiger partial charge in [0, 0.05) is 29.8 Å². The van der Waals surface area contributed by atoms with Gasteiger partial charge in [0.1, 0.15) is 17.4 Å². The van der Waals surface area contributed by atoms with Crippen molar-refractivity contribution in [2.24, 2.45) is 0 Å². The van der Waals surface area contributed by atoms with Crippen LogP contribution in [0.1, 0.15) is 5.82 Å².